The molecule has 2 aliphatic rings. The lowest BCUT2D eigenvalue weighted by Gasteiger charge is -2.31. The van der Waals surface area contributed by atoms with E-state index in [4.69, 9.17) is 13.9 Å². The number of hydrogen-bond acceptors (Lipinski definition) is 8. The molecule has 0 amide bonds. The maximum absolute atomic E-state index is 13.3. The number of benzene rings is 1. The third-order valence-electron chi connectivity index (χ3n) is 6.33. The van der Waals surface area contributed by atoms with Gasteiger partial charge >= 0.3 is 5.97 Å². The monoisotopic (exact) mass is 453 g/mol. The molecule has 1 aromatic carbocycles. The number of pyridine rings is 2. The average Bonchev–Trinajstić information content (AvgIpc) is 3.13. The molecule has 0 unspecified atom stereocenters. The topological polar surface area (TPSA) is 93.9 Å². The minimum Gasteiger partial charge on any atom is -0.458 e. The van der Waals surface area contributed by atoms with E-state index < -0.39 is 11.6 Å². The second-order valence-corrected chi connectivity index (χ2v) is 8.72. The molecule has 0 aliphatic carbocycles. The molecule has 0 spiro atoms. The fraction of sp³-hybridized carbons (Fsp3) is 0.348. The van der Waals surface area contributed by atoms with Crippen molar-refractivity contribution in [2.75, 3.05) is 14.1 Å². The van der Waals surface area contributed by atoms with Crippen LogP contribution >= 0.6 is 12.9 Å². The molecule has 9 heteroatoms. The molecule has 0 bridgehead atoms. The Morgan fingerprint density at radius 2 is 2.09 bits per heavy atom. The summed E-state index contributed by atoms with van der Waals surface area (Å²) in [5.41, 5.74) is 2.40. The summed E-state index contributed by atoms with van der Waals surface area (Å²) in [6.45, 7) is 2.54. The molecule has 0 saturated carbocycles. The van der Waals surface area contributed by atoms with Gasteiger partial charge in [-0.15, -0.1) is 0 Å². The second kappa shape index (κ2) is 7.33. The van der Waals surface area contributed by atoms with Crippen LogP contribution in [-0.2, 0) is 34.8 Å². The quantitative estimate of drug-likeness (QED) is 0.278. The molecular formula is C23H23N3O5S. The Bertz CT molecular complexity index is 1350. The minimum absolute atomic E-state index is 0.111. The largest absolute Gasteiger partial charge is 0.458 e. The maximum atomic E-state index is 13.3. The van der Waals surface area contributed by atoms with Crippen molar-refractivity contribution in [3.05, 3.63) is 56.9 Å². The lowest BCUT2D eigenvalue weighted by molar-refractivity contribution is -0.172. The number of cyclic esters (lactones) is 1. The van der Waals surface area contributed by atoms with Gasteiger partial charge in [-0.05, 0) is 44.8 Å². The maximum Gasteiger partial charge on any atom is 0.343 e. The number of ether oxygens (including phenoxy) is 1. The fourth-order valence-corrected chi connectivity index (χ4v) is 4.83. The normalized spacial score (nSPS) is 19.0. The first kappa shape index (κ1) is 21.0. The minimum atomic E-state index is -1.83. The third-order valence-corrected chi connectivity index (χ3v) is 6.53. The van der Waals surface area contributed by atoms with Crippen LogP contribution in [0, 0.1) is 0 Å². The Morgan fingerprint density at radius 1 is 1.31 bits per heavy atom. The van der Waals surface area contributed by atoms with Gasteiger partial charge < -0.3 is 23.5 Å². The van der Waals surface area contributed by atoms with Gasteiger partial charge in [0, 0.05) is 41.5 Å². The van der Waals surface area contributed by atoms with E-state index in [2.05, 4.69) is 12.9 Å². The highest BCUT2D eigenvalue weighted by Crippen LogP contribution is 2.39. The number of nitrogens with zero attached hydrogens (tertiary/aromatic N) is 3. The first-order valence-electron chi connectivity index (χ1n) is 10.4. The number of thiol groups is 1. The smallest absolute Gasteiger partial charge is 0.343 e. The number of hydrogen-bond donors (Lipinski definition) is 2. The molecule has 0 fully saturated rings. The van der Waals surface area contributed by atoms with Gasteiger partial charge in [-0.1, -0.05) is 6.92 Å². The van der Waals surface area contributed by atoms with E-state index in [-0.39, 0.29) is 18.6 Å². The summed E-state index contributed by atoms with van der Waals surface area (Å²) < 4.78 is 12.0. The van der Waals surface area contributed by atoms with Crippen LogP contribution in [0.3, 0.4) is 0 Å². The summed E-state index contributed by atoms with van der Waals surface area (Å²) in [7, 11) is 3.94. The Morgan fingerprint density at radius 3 is 2.78 bits per heavy atom. The Hall–Kier alpha value is -2.88. The number of carbonyl (C=O) groups excluding carboxylic acids is 1. The van der Waals surface area contributed by atoms with E-state index in [0.717, 1.165) is 22.0 Å². The summed E-state index contributed by atoms with van der Waals surface area (Å²) in [5.74, 6) is -0.0720. The van der Waals surface area contributed by atoms with Crippen LogP contribution in [0.15, 0.2) is 29.1 Å². The zero-order valence-electron chi connectivity index (χ0n) is 18.0. The van der Waals surface area contributed by atoms with Gasteiger partial charge in [-0.25, -0.2) is 9.78 Å². The molecule has 32 heavy (non-hydrogen) atoms. The Kier molecular flexibility index (Phi) is 4.81. The summed E-state index contributed by atoms with van der Waals surface area (Å²) in [6, 6.07) is 7.44. The first-order valence-corrected chi connectivity index (χ1v) is 10.7. The highest BCUT2D eigenvalue weighted by atomic mass is 32.1. The molecule has 1 N–H and O–H groups in total. The van der Waals surface area contributed by atoms with Crippen molar-refractivity contribution in [3.8, 4) is 17.1 Å². The van der Waals surface area contributed by atoms with Crippen LogP contribution in [0.4, 0.5) is 0 Å². The van der Waals surface area contributed by atoms with Gasteiger partial charge in [0.15, 0.2) is 5.60 Å². The summed E-state index contributed by atoms with van der Waals surface area (Å²) in [5, 5.41) is 11.9. The number of rotatable bonds is 4. The zero-order chi connectivity index (χ0) is 22.8. The number of esters is 1. The van der Waals surface area contributed by atoms with Crippen LogP contribution in [0.25, 0.3) is 22.3 Å². The summed E-state index contributed by atoms with van der Waals surface area (Å²) >= 11 is 4.00. The average molecular weight is 454 g/mol. The number of aromatic nitrogens is 2. The third kappa shape index (κ3) is 2.88. The predicted molar refractivity (Wildman–Crippen MR) is 122 cm³/mol. The standard InChI is InChI=1S/C23H23N3O5S/c1-4-23(29)16-8-18-20-12(9-26(18)21(27)15(16)11-30-22(23)28)7-13-14(10-25(2)3)19(31-32)6-5-17(13)24-20/h5-8,29,32H,4,9-11H2,1-3H3/t23-/m0/s1. The lowest BCUT2D eigenvalue weighted by Crippen LogP contribution is -2.44. The van der Waals surface area contributed by atoms with Gasteiger partial charge in [-0.3, -0.25) is 4.79 Å². The van der Waals surface area contributed by atoms with Crippen molar-refractivity contribution in [3.63, 3.8) is 0 Å². The molecule has 5 rings (SSSR count). The highest BCUT2D eigenvalue weighted by Gasteiger charge is 2.45. The SMILES string of the molecule is CC[C@@]1(O)C(=O)OCc2c1cc1n(c2=O)Cc2cc3c(CN(C)C)c(OS)ccc3nc2-1. The van der Waals surface area contributed by atoms with Crippen LogP contribution in [0.2, 0.25) is 0 Å². The van der Waals surface area contributed by atoms with E-state index in [1.807, 2.05) is 37.2 Å². The van der Waals surface area contributed by atoms with Crippen molar-refractivity contribution >= 4 is 29.8 Å². The van der Waals surface area contributed by atoms with Crippen molar-refractivity contribution in [2.45, 2.75) is 38.6 Å². The molecule has 166 valence electrons. The molecular weight excluding hydrogens is 430 g/mol. The second-order valence-electron chi connectivity index (χ2n) is 8.54. The van der Waals surface area contributed by atoms with Gasteiger partial charge in [0.25, 0.3) is 5.56 Å². The van der Waals surface area contributed by atoms with Crippen molar-refractivity contribution in [1.82, 2.24) is 14.5 Å². The van der Waals surface area contributed by atoms with Crippen molar-refractivity contribution in [1.29, 1.82) is 0 Å². The van der Waals surface area contributed by atoms with Crippen LogP contribution in [-0.4, -0.2) is 39.6 Å². The molecule has 3 aromatic rings. The molecule has 8 nitrogen and oxygen atoms in total. The van der Waals surface area contributed by atoms with Crippen LogP contribution < -0.4 is 9.74 Å². The van der Waals surface area contributed by atoms with Gasteiger partial charge in [-0.2, -0.15) is 0 Å². The lowest BCUT2D eigenvalue weighted by atomic mass is 9.86. The first-order chi connectivity index (χ1) is 15.3. The molecule has 1 atom stereocenters. The number of fused-ring (bicyclic) bond motifs is 5. The van der Waals surface area contributed by atoms with Crippen molar-refractivity contribution in [2.24, 2.45) is 0 Å². The van der Waals surface area contributed by atoms with E-state index in [1.54, 1.807) is 17.6 Å². The molecule has 4 heterocycles. The Balaban J connectivity index is 1.74. The molecule has 2 aromatic heterocycles. The van der Waals surface area contributed by atoms with E-state index >= 15 is 0 Å². The molecule has 0 radical (unpaired) electrons. The molecule has 2 aliphatic heterocycles. The van der Waals surface area contributed by atoms with E-state index in [0.29, 0.717) is 41.4 Å². The Labute approximate surface area is 190 Å². The van der Waals surface area contributed by atoms with Crippen LogP contribution in [0.5, 0.6) is 5.75 Å². The highest BCUT2D eigenvalue weighted by molar-refractivity contribution is 7.75. The number of carbonyl (C=O) groups is 1. The fourth-order valence-electron chi connectivity index (χ4n) is 4.66. The van der Waals surface area contributed by atoms with E-state index in [9.17, 15) is 14.7 Å². The number of aliphatic hydroxyl groups is 1. The summed E-state index contributed by atoms with van der Waals surface area (Å²) in [6.07, 6.45) is 0.111. The van der Waals surface area contributed by atoms with Crippen molar-refractivity contribution < 1.29 is 18.8 Å². The van der Waals surface area contributed by atoms with Gasteiger partial charge in [0.05, 0.1) is 29.0 Å². The van der Waals surface area contributed by atoms with Crippen LogP contribution in [0.1, 0.15) is 35.6 Å². The molecule has 0 saturated heterocycles. The van der Waals surface area contributed by atoms with Gasteiger partial charge in [0.2, 0.25) is 0 Å². The van der Waals surface area contributed by atoms with Gasteiger partial charge in [0.1, 0.15) is 12.4 Å². The van der Waals surface area contributed by atoms with E-state index in [1.165, 1.54) is 0 Å². The zero-order valence-corrected chi connectivity index (χ0v) is 18.9. The predicted octanol–water partition coefficient (Wildman–Crippen LogP) is 2.36. The summed E-state index contributed by atoms with van der Waals surface area (Å²) in [4.78, 5) is 32.5.